The van der Waals surface area contributed by atoms with Crippen LogP contribution in [0.15, 0.2) is 0 Å². The standard InChI is InChI=1S/C12H21N3O4/c13-3-1-6-18-8-5-15-12(9-16,10-17)11-19-7-2-4-14/h15-17H,1-2,5-11H2. The summed E-state index contributed by atoms with van der Waals surface area (Å²) in [6.07, 6.45) is 0.604. The summed E-state index contributed by atoms with van der Waals surface area (Å²) in [6.45, 7) is 0.971. The molecule has 7 heteroatoms. The molecule has 0 aromatic rings. The Morgan fingerprint density at radius 1 is 0.947 bits per heavy atom. The lowest BCUT2D eigenvalue weighted by Gasteiger charge is -2.30. The van der Waals surface area contributed by atoms with Crippen LogP contribution in [0.25, 0.3) is 0 Å². The van der Waals surface area contributed by atoms with Gasteiger partial charge in [-0.15, -0.1) is 0 Å². The normalized spacial score (nSPS) is 10.9. The molecular weight excluding hydrogens is 250 g/mol. The number of nitrogens with zero attached hydrogens (tertiary/aromatic N) is 2. The van der Waals surface area contributed by atoms with E-state index >= 15 is 0 Å². The lowest BCUT2D eigenvalue weighted by atomic mass is 10.0. The maximum Gasteiger partial charge on any atom is 0.0885 e. The first kappa shape index (κ1) is 17.8. The van der Waals surface area contributed by atoms with E-state index in [2.05, 4.69) is 5.32 Å². The predicted octanol–water partition coefficient (Wildman–Crippen LogP) is -0.840. The second kappa shape index (κ2) is 11.8. The molecule has 0 aliphatic carbocycles. The number of rotatable bonds is 12. The van der Waals surface area contributed by atoms with Crippen LogP contribution in [-0.2, 0) is 9.47 Å². The highest BCUT2D eigenvalue weighted by molar-refractivity contribution is 4.87. The van der Waals surface area contributed by atoms with E-state index in [9.17, 15) is 10.2 Å². The van der Waals surface area contributed by atoms with Crippen LogP contribution < -0.4 is 5.32 Å². The topological polar surface area (TPSA) is 119 Å². The maximum absolute atomic E-state index is 9.32. The minimum atomic E-state index is -0.936. The largest absolute Gasteiger partial charge is 0.394 e. The summed E-state index contributed by atoms with van der Waals surface area (Å²) in [6, 6.07) is 3.91. The molecule has 0 saturated carbocycles. The van der Waals surface area contributed by atoms with Crippen molar-refractivity contribution in [3.05, 3.63) is 0 Å². The number of hydrogen-bond acceptors (Lipinski definition) is 7. The summed E-state index contributed by atoms with van der Waals surface area (Å²) in [5.41, 5.74) is -0.936. The highest BCUT2D eigenvalue weighted by atomic mass is 16.5. The van der Waals surface area contributed by atoms with Gasteiger partial charge in [0.25, 0.3) is 0 Å². The Kier molecular flexibility index (Phi) is 11.1. The van der Waals surface area contributed by atoms with Gasteiger partial charge in [0.15, 0.2) is 0 Å². The summed E-state index contributed by atoms with van der Waals surface area (Å²) in [4.78, 5) is 0. The fraction of sp³-hybridized carbons (Fsp3) is 0.833. The van der Waals surface area contributed by atoms with Crippen LogP contribution in [0, 0.1) is 22.7 Å². The van der Waals surface area contributed by atoms with Crippen molar-refractivity contribution in [2.45, 2.75) is 18.4 Å². The molecule has 0 rings (SSSR count). The molecule has 0 heterocycles. The average molecular weight is 271 g/mol. The molecular formula is C12H21N3O4. The van der Waals surface area contributed by atoms with E-state index in [0.717, 1.165) is 0 Å². The van der Waals surface area contributed by atoms with Crippen molar-refractivity contribution in [3.8, 4) is 12.1 Å². The summed E-state index contributed by atoms with van der Waals surface area (Å²) in [5.74, 6) is 0. The SMILES string of the molecule is N#CCCOCCNC(CO)(CO)COCCC#N. The zero-order chi connectivity index (χ0) is 14.4. The predicted molar refractivity (Wildman–Crippen MR) is 67.0 cm³/mol. The Bertz CT molecular complexity index is 294. The second-order valence-electron chi connectivity index (χ2n) is 4.00. The third-order valence-electron chi connectivity index (χ3n) is 2.45. The third-order valence-corrected chi connectivity index (χ3v) is 2.45. The monoisotopic (exact) mass is 271 g/mol. The van der Waals surface area contributed by atoms with Gasteiger partial charge in [-0.1, -0.05) is 0 Å². The fourth-order valence-electron chi connectivity index (χ4n) is 1.30. The Morgan fingerprint density at radius 2 is 1.53 bits per heavy atom. The van der Waals surface area contributed by atoms with Crippen molar-refractivity contribution in [1.82, 2.24) is 5.32 Å². The maximum atomic E-state index is 9.32. The van der Waals surface area contributed by atoms with E-state index in [-0.39, 0.29) is 32.8 Å². The van der Waals surface area contributed by atoms with E-state index < -0.39 is 5.54 Å². The van der Waals surface area contributed by atoms with Gasteiger partial charge in [-0.2, -0.15) is 10.5 Å². The summed E-state index contributed by atoms with van der Waals surface area (Å²) >= 11 is 0. The molecule has 0 atom stereocenters. The Morgan fingerprint density at radius 3 is 2.05 bits per heavy atom. The van der Waals surface area contributed by atoms with Crippen LogP contribution in [0.5, 0.6) is 0 Å². The average Bonchev–Trinajstić information content (AvgIpc) is 2.45. The minimum Gasteiger partial charge on any atom is -0.394 e. The molecule has 19 heavy (non-hydrogen) atoms. The van der Waals surface area contributed by atoms with Gasteiger partial charge in [0.2, 0.25) is 0 Å². The second-order valence-corrected chi connectivity index (χ2v) is 4.00. The van der Waals surface area contributed by atoms with Crippen LogP contribution in [0.2, 0.25) is 0 Å². The molecule has 108 valence electrons. The van der Waals surface area contributed by atoms with Gasteiger partial charge >= 0.3 is 0 Å². The molecule has 0 unspecified atom stereocenters. The van der Waals surface area contributed by atoms with Crippen molar-refractivity contribution < 1.29 is 19.7 Å². The number of nitriles is 2. The van der Waals surface area contributed by atoms with Gasteiger partial charge in [0, 0.05) is 6.54 Å². The van der Waals surface area contributed by atoms with E-state index in [1.165, 1.54) is 0 Å². The minimum absolute atomic E-state index is 0.111. The molecule has 0 saturated heterocycles. The lowest BCUT2D eigenvalue weighted by molar-refractivity contribution is 0.00200. The molecule has 0 aliphatic heterocycles. The summed E-state index contributed by atoms with van der Waals surface area (Å²) in [5, 5.41) is 38.3. The van der Waals surface area contributed by atoms with E-state index in [1.54, 1.807) is 0 Å². The fourth-order valence-corrected chi connectivity index (χ4v) is 1.30. The Balaban J connectivity index is 3.88. The smallest absolute Gasteiger partial charge is 0.0885 e. The van der Waals surface area contributed by atoms with Crippen LogP contribution in [-0.4, -0.2) is 61.9 Å². The molecule has 0 bridgehead atoms. The van der Waals surface area contributed by atoms with Crippen LogP contribution in [0.4, 0.5) is 0 Å². The van der Waals surface area contributed by atoms with Crippen molar-refractivity contribution in [3.63, 3.8) is 0 Å². The van der Waals surface area contributed by atoms with Crippen molar-refractivity contribution in [2.75, 3.05) is 46.2 Å². The molecule has 0 amide bonds. The zero-order valence-electron chi connectivity index (χ0n) is 11.0. The van der Waals surface area contributed by atoms with Gasteiger partial charge < -0.3 is 25.0 Å². The highest BCUT2D eigenvalue weighted by Crippen LogP contribution is 2.04. The molecule has 3 N–H and O–H groups in total. The molecule has 0 aromatic heterocycles. The van der Waals surface area contributed by atoms with Crippen LogP contribution in [0.3, 0.4) is 0 Å². The number of aliphatic hydroxyl groups is 2. The third kappa shape index (κ3) is 8.49. The molecule has 0 spiro atoms. The Labute approximate surface area is 113 Å². The number of nitrogens with one attached hydrogen (secondary N) is 1. The van der Waals surface area contributed by atoms with Gasteiger partial charge in [0.05, 0.1) is 70.2 Å². The molecule has 0 aliphatic rings. The van der Waals surface area contributed by atoms with Crippen molar-refractivity contribution >= 4 is 0 Å². The van der Waals surface area contributed by atoms with Crippen LogP contribution in [0.1, 0.15) is 12.8 Å². The first-order valence-electron chi connectivity index (χ1n) is 6.11. The number of aliphatic hydroxyl groups excluding tert-OH is 2. The summed E-state index contributed by atoms with van der Waals surface area (Å²) in [7, 11) is 0. The first-order chi connectivity index (χ1) is 9.24. The van der Waals surface area contributed by atoms with Crippen LogP contribution >= 0.6 is 0 Å². The van der Waals surface area contributed by atoms with E-state index in [4.69, 9.17) is 20.0 Å². The van der Waals surface area contributed by atoms with E-state index in [1.807, 2.05) is 12.1 Å². The number of hydrogen-bond donors (Lipinski definition) is 3. The lowest BCUT2D eigenvalue weighted by Crippen LogP contribution is -2.56. The quantitative estimate of drug-likeness (QED) is 0.396. The van der Waals surface area contributed by atoms with Gasteiger partial charge in [-0.05, 0) is 0 Å². The molecule has 7 nitrogen and oxygen atoms in total. The van der Waals surface area contributed by atoms with Gasteiger partial charge in [-0.25, -0.2) is 0 Å². The van der Waals surface area contributed by atoms with Gasteiger partial charge in [0.1, 0.15) is 0 Å². The van der Waals surface area contributed by atoms with Crippen molar-refractivity contribution in [1.29, 1.82) is 10.5 Å². The highest BCUT2D eigenvalue weighted by Gasteiger charge is 2.28. The Hall–Kier alpha value is -1.22. The number of ether oxygens (including phenoxy) is 2. The van der Waals surface area contributed by atoms with Crippen molar-refractivity contribution in [2.24, 2.45) is 0 Å². The summed E-state index contributed by atoms with van der Waals surface area (Å²) < 4.78 is 10.4. The first-order valence-corrected chi connectivity index (χ1v) is 6.11. The molecule has 0 fully saturated rings. The molecule has 0 aromatic carbocycles. The molecule has 0 radical (unpaired) electrons. The van der Waals surface area contributed by atoms with Gasteiger partial charge in [-0.3, -0.25) is 0 Å². The van der Waals surface area contributed by atoms with E-state index in [0.29, 0.717) is 26.2 Å². The zero-order valence-corrected chi connectivity index (χ0v) is 11.0.